The fraction of sp³-hybridized carbons (Fsp3) is 0.240. The van der Waals surface area contributed by atoms with E-state index in [4.69, 9.17) is 0 Å². The van der Waals surface area contributed by atoms with Crippen LogP contribution in [0, 0.1) is 0 Å². The number of carbonyl (C=O) groups is 1. The van der Waals surface area contributed by atoms with Gasteiger partial charge < -0.3 is 5.32 Å². The van der Waals surface area contributed by atoms with Gasteiger partial charge in [0.15, 0.2) is 0 Å². The minimum atomic E-state index is -3.91. The predicted octanol–water partition coefficient (Wildman–Crippen LogP) is 5.21. The van der Waals surface area contributed by atoms with Crippen molar-refractivity contribution in [2.75, 3.05) is 16.2 Å². The van der Waals surface area contributed by atoms with Crippen LogP contribution in [0.5, 0.6) is 0 Å². The smallest absolute Gasteiger partial charge is 0.264 e. The molecule has 1 amide bonds. The molecule has 1 N–H and O–H groups in total. The molecule has 0 saturated heterocycles. The molecule has 0 spiro atoms. The van der Waals surface area contributed by atoms with Crippen molar-refractivity contribution < 1.29 is 13.2 Å². The molecular formula is C25H28N2O3S. The Morgan fingerprint density at radius 3 is 2.06 bits per heavy atom. The summed E-state index contributed by atoms with van der Waals surface area (Å²) >= 11 is 0. The third kappa shape index (κ3) is 5.52. The first-order valence-corrected chi connectivity index (χ1v) is 11.8. The van der Waals surface area contributed by atoms with Gasteiger partial charge in [-0.1, -0.05) is 63.2 Å². The highest BCUT2D eigenvalue weighted by molar-refractivity contribution is 7.92. The number of amides is 1. The van der Waals surface area contributed by atoms with E-state index in [1.54, 1.807) is 30.3 Å². The van der Waals surface area contributed by atoms with E-state index < -0.39 is 15.9 Å². The normalized spacial score (nSPS) is 11.4. The van der Waals surface area contributed by atoms with Gasteiger partial charge in [-0.15, -0.1) is 0 Å². The standard InChI is InChI=1S/C25H28N2O3S/c1-4-20-10-14-22(15-11-20)26-25(28)18-27(23-16-12-21(13-17-23)19(2)3)31(29,30)24-8-6-5-7-9-24/h5-17,19H,4,18H2,1-3H3,(H,26,28). The third-order valence-electron chi connectivity index (χ3n) is 5.11. The van der Waals surface area contributed by atoms with E-state index in [9.17, 15) is 13.2 Å². The molecule has 0 fully saturated rings. The van der Waals surface area contributed by atoms with Crippen molar-refractivity contribution in [3.05, 3.63) is 90.0 Å². The van der Waals surface area contributed by atoms with Gasteiger partial charge in [-0.25, -0.2) is 8.42 Å². The Morgan fingerprint density at radius 1 is 0.903 bits per heavy atom. The lowest BCUT2D eigenvalue weighted by Gasteiger charge is -2.24. The number of sulfonamides is 1. The number of rotatable bonds is 8. The quantitative estimate of drug-likeness (QED) is 0.527. The summed E-state index contributed by atoms with van der Waals surface area (Å²) in [6.07, 6.45) is 0.906. The Balaban J connectivity index is 1.90. The molecule has 0 heterocycles. The van der Waals surface area contributed by atoms with Crippen LogP contribution in [0.15, 0.2) is 83.8 Å². The molecule has 0 aliphatic heterocycles. The Morgan fingerprint density at radius 2 is 1.52 bits per heavy atom. The summed E-state index contributed by atoms with van der Waals surface area (Å²) < 4.78 is 27.9. The SMILES string of the molecule is CCc1ccc(NC(=O)CN(c2ccc(C(C)C)cc2)S(=O)(=O)c2ccccc2)cc1. The largest absolute Gasteiger partial charge is 0.325 e. The summed E-state index contributed by atoms with van der Waals surface area (Å²) in [5.74, 6) is -0.0840. The van der Waals surface area contributed by atoms with E-state index in [1.165, 1.54) is 12.1 Å². The van der Waals surface area contributed by atoms with Crippen LogP contribution in [0.2, 0.25) is 0 Å². The molecule has 0 saturated carbocycles. The number of hydrogen-bond acceptors (Lipinski definition) is 3. The van der Waals surface area contributed by atoms with E-state index in [0.29, 0.717) is 17.3 Å². The maximum absolute atomic E-state index is 13.4. The van der Waals surface area contributed by atoms with Gasteiger partial charge in [0.2, 0.25) is 5.91 Å². The van der Waals surface area contributed by atoms with Crippen molar-refractivity contribution in [3.63, 3.8) is 0 Å². The zero-order chi connectivity index (χ0) is 22.4. The summed E-state index contributed by atoms with van der Waals surface area (Å²) in [5.41, 5.74) is 3.34. The Labute approximate surface area is 184 Å². The molecule has 0 aliphatic rings. The van der Waals surface area contributed by atoms with E-state index in [-0.39, 0.29) is 11.4 Å². The molecule has 5 nitrogen and oxygen atoms in total. The molecule has 0 radical (unpaired) electrons. The maximum atomic E-state index is 13.4. The zero-order valence-electron chi connectivity index (χ0n) is 18.1. The van der Waals surface area contributed by atoms with Crippen LogP contribution >= 0.6 is 0 Å². The fourth-order valence-corrected chi connectivity index (χ4v) is 4.66. The van der Waals surface area contributed by atoms with Gasteiger partial charge >= 0.3 is 0 Å². The molecular weight excluding hydrogens is 408 g/mol. The molecule has 0 aliphatic carbocycles. The summed E-state index contributed by atoms with van der Waals surface area (Å²) in [5, 5.41) is 2.80. The molecule has 3 rings (SSSR count). The first kappa shape index (κ1) is 22.6. The predicted molar refractivity (Wildman–Crippen MR) is 126 cm³/mol. The number of hydrogen-bond donors (Lipinski definition) is 1. The van der Waals surface area contributed by atoms with Crippen LogP contribution in [0.1, 0.15) is 37.8 Å². The topological polar surface area (TPSA) is 66.5 Å². The first-order valence-electron chi connectivity index (χ1n) is 10.4. The molecule has 31 heavy (non-hydrogen) atoms. The van der Waals surface area contributed by atoms with E-state index >= 15 is 0 Å². The summed E-state index contributed by atoms with van der Waals surface area (Å²) in [6, 6.07) is 23.0. The lowest BCUT2D eigenvalue weighted by Crippen LogP contribution is -2.38. The molecule has 3 aromatic rings. The number of anilines is 2. The van der Waals surface area contributed by atoms with Crippen LogP contribution < -0.4 is 9.62 Å². The zero-order valence-corrected chi connectivity index (χ0v) is 18.9. The van der Waals surface area contributed by atoms with Crippen LogP contribution in [0.4, 0.5) is 11.4 Å². The highest BCUT2D eigenvalue weighted by Gasteiger charge is 2.27. The van der Waals surface area contributed by atoms with E-state index in [1.807, 2.05) is 36.4 Å². The van der Waals surface area contributed by atoms with Crippen LogP contribution in [0.3, 0.4) is 0 Å². The van der Waals surface area contributed by atoms with Crippen molar-refractivity contribution >= 4 is 27.3 Å². The first-order chi connectivity index (χ1) is 14.8. The molecule has 0 bridgehead atoms. The van der Waals surface area contributed by atoms with Crippen molar-refractivity contribution in [2.24, 2.45) is 0 Å². The second-order valence-corrected chi connectivity index (χ2v) is 9.53. The Kier molecular flexibility index (Phi) is 7.13. The third-order valence-corrected chi connectivity index (χ3v) is 6.90. The molecule has 3 aromatic carbocycles. The van der Waals surface area contributed by atoms with Gasteiger partial charge in [0.1, 0.15) is 6.54 Å². The fourth-order valence-electron chi connectivity index (χ4n) is 3.21. The highest BCUT2D eigenvalue weighted by Crippen LogP contribution is 2.26. The molecule has 0 unspecified atom stereocenters. The van der Waals surface area contributed by atoms with Crippen molar-refractivity contribution in [1.29, 1.82) is 0 Å². The van der Waals surface area contributed by atoms with Crippen molar-refractivity contribution in [3.8, 4) is 0 Å². The summed E-state index contributed by atoms with van der Waals surface area (Å²) in [6.45, 7) is 5.88. The Hall–Kier alpha value is -3.12. The number of nitrogens with one attached hydrogen (secondary N) is 1. The lowest BCUT2D eigenvalue weighted by atomic mass is 10.0. The van der Waals surface area contributed by atoms with Gasteiger partial charge in [-0.05, 0) is 59.9 Å². The van der Waals surface area contributed by atoms with Gasteiger partial charge in [0, 0.05) is 5.69 Å². The van der Waals surface area contributed by atoms with Crippen molar-refractivity contribution in [1.82, 2.24) is 0 Å². The van der Waals surface area contributed by atoms with Gasteiger partial charge in [0.25, 0.3) is 10.0 Å². The highest BCUT2D eigenvalue weighted by atomic mass is 32.2. The Bertz CT molecular complexity index is 1110. The van der Waals surface area contributed by atoms with Crippen molar-refractivity contribution in [2.45, 2.75) is 38.0 Å². The van der Waals surface area contributed by atoms with Gasteiger partial charge in [0.05, 0.1) is 10.6 Å². The maximum Gasteiger partial charge on any atom is 0.264 e. The molecule has 0 atom stereocenters. The number of aryl methyl sites for hydroxylation is 1. The van der Waals surface area contributed by atoms with Gasteiger partial charge in [-0.3, -0.25) is 9.10 Å². The number of nitrogens with zero attached hydrogens (tertiary/aromatic N) is 1. The lowest BCUT2D eigenvalue weighted by molar-refractivity contribution is -0.114. The second-order valence-electron chi connectivity index (χ2n) is 7.67. The van der Waals surface area contributed by atoms with E-state index in [2.05, 4.69) is 26.1 Å². The molecule has 0 aromatic heterocycles. The molecule has 6 heteroatoms. The monoisotopic (exact) mass is 436 g/mol. The summed E-state index contributed by atoms with van der Waals surface area (Å²) in [7, 11) is -3.91. The number of benzene rings is 3. The van der Waals surface area contributed by atoms with Crippen LogP contribution in [-0.2, 0) is 21.2 Å². The minimum Gasteiger partial charge on any atom is -0.325 e. The average molecular weight is 437 g/mol. The number of carbonyl (C=O) groups excluding carboxylic acids is 1. The summed E-state index contributed by atoms with van der Waals surface area (Å²) in [4.78, 5) is 12.9. The minimum absolute atomic E-state index is 0.142. The van der Waals surface area contributed by atoms with Crippen LogP contribution in [-0.4, -0.2) is 20.9 Å². The van der Waals surface area contributed by atoms with E-state index in [0.717, 1.165) is 21.9 Å². The van der Waals surface area contributed by atoms with Crippen LogP contribution in [0.25, 0.3) is 0 Å². The second kappa shape index (κ2) is 9.79. The molecule has 162 valence electrons. The average Bonchev–Trinajstić information content (AvgIpc) is 2.78. The van der Waals surface area contributed by atoms with Gasteiger partial charge in [-0.2, -0.15) is 0 Å².